The molecule has 98 valence electrons. The largest absolute Gasteiger partial charge is 0.356 e. The van der Waals surface area contributed by atoms with Gasteiger partial charge in [0.15, 0.2) is 0 Å². The number of carbonyl (C=O) groups is 2. The van der Waals surface area contributed by atoms with Gasteiger partial charge in [-0.05, 0) is 12.8 Å². The molecule has 1 unspecified atom stereocenters. The zero-order valence-electron chi connectivity index (χ0n) is 11.0. The first-order valence-corrected chi connectivity index (χ1v) is 6.74. The predicted octanol–water partition coefficient (Wildman–Crippen LogP) is 1.55. The minimum Gasteiger partial charge on any atom is -0.356 e. The van der Waals surface area contributed by atoms with Crippen LogP contribution in [0.3, 0.4) is 0 Å². The Kier molecular flexibility index (Phi) is 6.01. The van der Waals surface area contributed by atoms with E-state index in [1.165, 1.54) is 0 Å². The lowest BCUT2D eigenvalue weighted by Crippen LogP contribution is -2.33. The number of nitrogens with one attached hydrogen (secondary N) is 1. The number of amides is 2. The van der Waals surface area contributed by atoms with Crippen molar-refractivity contribution < 1.29 is 9.59 Å². The highest BCUT2D eigenvalue weighted by molar-refractivity contribution is 5.89. The van der Waals surface area contributed by atoms with Gasteiger partial charge in [-0.15, -0.1) is 0 Å². The van der Waals surface area contributed by atoms with E-state index in [-0.39, 0.29) is 17.7 Å². The van der Waals surface area contributed by atoms with Crippen LogP contribution in [0.1, 0.15) is 46.0 Å². The highest BCUT2D eigenvalue weighted by Gasteiger charge is 2.33. The molecule has 1 heterocycles. The topological polar surface area (TPSA) is 49.4 Å². The maximum Gasteiger partial charge on any atom is 0.225 e. The quantitative estimate of drug-likeness (QED) is 0.686. The van der Waals surface area contributed by atoms with Crippen molar-refractivity contribution in [1.82, 2.24) is 10.2 Å². The standard InChI is InChI=1S/C13H24N2O2/c1-3-5-6-7-14-13(17)11-9-12(16)15(10-11)8-4-2/h11H,3-10H2,1-2H3,(H,14,17). The Morgan fingerprint density at radius 3 is 2.76 bits per heavy atom. The summed E-state index contributed by atoms with van der Waals surface area (Å²) in [6.07, 6.45) is 4.67. The second kappa shape index (κ2) is 7.30. The Morgan fingerprint density at radius 1 is 1.35 bits per heavy atom. The molecule has 0 saturated carbocycles. The summed E-state index contributed by atoms with van der Waals surface area (Å²) in [6.45, 7) is 6.31. The summed E-state index contributed by atoms with van der Waals surface area (Å²) in [7, 11) is 0. The van der Waals surface area contributed by atoms with Crippen molar-refractivity contribution >= 4 is 11.8 Å². The minimum absolute atomic E-state index is 0.0491. The third kappa shape index (κ3) is 4.36. The van der Waals surface area contributed by atoms with Crippen molar-refractivity contribution in [1.29, 1.82) is 0 Å². The molecule has 1 aliphatic heterocycles. The molecule has 4 heteroatoms. The first-order valence-electron chi connectivity index (χ1n) is 6.74. The van der Waals surface area contributed by atoms with Crippen molar-refractivity contribution in [2.45, 2.75) is 46.0 Å². The molecule has 0 aromatic carbocycles. The number of rotatable bonds is 7. The van der Waals surface area contributed by atoms with Crippen molar-refractivity contribution in [3.63, 3.8) is 0 Å². The van der Waals surface area contributed by atoms with Crippen LogP contribution in [0.2, 0.25) is 0 Å². The van der Waals surface area contributed by atoms with E-state index < -0.39 is 0 Å². The van der Waals surface area contributed by atoms with E-state index in [1.807, 2.05) is 6.92 Å². The van der Waals surface area contributed by atoms with Gasteiger partial charge in [0.1, 0.15) is 0 Å². The molecule has 1 saturated heterocycles. The van der Waals surface area contributed by atoms with Crippen LogP contribution >= 0.6 is 0 Å². The fourth-order valence-electron chi connectivity index (χ4n) is 2.16. The molecular weight excluding hydrogens is 216 g/mol. The molecule has 1 rings (SSSR count). The summed E-state index contributed by atoms with van der Waals surface area (Å²) in [6, 6.07) is 0. The molecule has 1 N–H and O–H groups in total. The fourth-order valence-corrected chi connectivity index (χ4v) is 2.16. The van der Waals surface area contributed by atoms with Crippen LogP contribution in [0.5, 0.6) is 0 Å². The molecule has 1 aliphatic rings. The molecular formula is C13H24N2O2. The zero-order chi connectivity index (χ0) is 12.7. The monoisotopic (exact) mass is 240 g/mol. The van der Waals surface area contributed by atoms with E-state index in [1.54, 1.807) is 4.90 Å². The van der Waals surface area contributed by atoms with Crippen molar-refractivity contribution in [2.75, 3.05) is 19.6 Å². The van der Waals surface area contributed by atoms with E-state index in [4.69, 9.17) is 0 Å². The number of hydrogen-bond acceptors (Lipinski definition) is 2. The second-order valence-corrected chi connectivity index (χ2v) is 4.74. The van der Waals surface area contributed by atoms with E-state index in [0.717, 1.165) is 38.8 Å². The predicted molar refractivity (Wildman–Crippen MR) is 67.5 cm³/mol. The summed E-state index contributed by atoms with van der Waals surface area (Å²) >= 11 is 0. The van der Waals surface area contributed by atoms with Gasteiger partial charge >= 0.3 is 0 Å². The SMILES string of the molecule is CCCCCNC(=O)C1CC(=O)N(CCC)C1. The lowest BCUT2D eigenvalue weighted by Gasteiger charge is -2.15. The van der Waals surface area contributed by atoms with E-state index in [2.05, 4.69) is 12.2 Å². The maximum absolute atomic E-state index is 11.8. The molecule has 2 amide bonds. The molecule has 4 nitrogen and oxygen atoms in total. The Labute approximate surface area is 104 Å². The van der Waals surface area contributed by atoms with Gasteiger partial charge in [0.05, 0.1) is 5.92 Å². The smallest absolute Gasteiger partial charge is 0.225 e. The number of likely N-dealkylation sites (tertiary alicyclic amines) is 1. The van der Waals surface area contributed by atoms with Gasteiger partial charge in [0, 0.05) is 26.1 Å². The highest BCUT2D eigenvalue weighted by atomic mass is 16.2. The van der Waals surface area contributed by atoms with Crippen LogP contribution < -0.4 is 5.32 Å². The summed E-state index contributed by atoms with van der Waals surface area (Å²) in [5.41, 5.74) is 0. The highest BCUT2D eigenvalue weighted by Crippen LogP contribution is 2.17. The van der Waals surface area contributed by atoms with E-state index in [9.17, 15) is 9.59 Å². The lowest BCUT2D eigenvalue weighted by molar-refractivity contribution is -0.129. The molecule has 0 spiro atoms. The van der Waals surface area contributed by atoms with Crippen LogP contribution in [-0.4, -0.2) is 36.3 Å². The Hall–Kier alpha value is -1.06. The van der Waals surface area contributed by atoms with Crippen LogP contribution in [0.15, 0.2) is 0 Å². The Morgan fingerprint density at radius 2 is 2.12 bits per heavy atom. The van der Waals surface area contributed by atoms with Gasteiger partial charge in [0.2, 0.25) is 11.8 Å². The average molecular weight is 240 g/mol. The Bertz CT molecular complexity index is 266. The molecule has 1 fully saturated rings. The van der Waals surface area contributed by atoms with Crippen LogP contribution in [0.4, 0.5) is 0 Å². The first kappa shape index (κ1) is 14.0. The molecule has 0 aliphatic carbocycles. The number of hydrogen-bond donors (Lipinski definition) is 1. The Balaban J connectivity index is 2.27. The molecule has 0 aromatic rings. The van der Waals surface area contributed by atoms with Crippen LogP contribution in [0.25, 0.3) is 0 Å². The summed E-state index contributed by atoms with van der Waals surface area (Å²) in [4.78, 5) is 25.2. The van der Waals surface area contributed by atoms with Crippen molar-refractivity contribution in [3.05, 3.63) is 0 Å². The van der Waals surface area contributed by atoms with E-state index in [0.29, 0.717) is 13.0 Å². The van der Waals surface area contributed by atoms with Gasteiger partial charge < -0.3 is 10.2 Å². The van der Waals surface area contributed by atoms with Gasteiger partial charge in [-0.1, -0.05) is 26.7 Å². The van der Waals surface area contributed by atoms with Gasteiger partial charge in [-0.25, -0.2) is 0 Å². The molecule has 17 heavy (non-hydrogen) atoms. The molecule has 0 bridgehead atoms. The summed E-state index contributed by atoms with van der Waals surface area (Å²) in [5.74, 6) is 0.0456. The van der Waals surface area contributed by atoms with Crippen molar-refractivity contribution in [3.8, 4) is 0 Å². The summed E-state index contributed by atoms with van der Waals surface area (Å²) in [5, 5.41) is 2.92. The van der Waals surface area contributed by atoms with Gasteiger partial charge in [-0.3, -0.25) is 9.59 Å². The lowest BCUT2D eigenvalue weighted by atomic mass is 10.1. The maximum atomic E-state index is 11.8. The van der Waals surface area contributed by atoms with Crippen LogP contribution in [-0.2, 0) is 9.59 Å². The molecule has 1 atom stereocenters. The average Bonchev–Trinajstić information content (AvgIpc) is 2.67. The number of nitrogens with zero attached hydrogens (tertiary/aromatic N) is 1. The van der Waals surface area contributed by atoms with Gasteiger partial charge in [0.25, 0.3) is 0 Å². The second-order valence-electron chi connectivity index (χ2n) is 4.74. The third-order valence-corrected chi connectivity index (χ3v) is 3.16. The fraction of sp³-hybridized carbons (Fsp3) is 0.846. The molecule has 0 radical (unpaired) electrons. The minimum atomic E-state index is -0.129. The van der Waals surface area contributed by atoms with Crippen LogP contribution in [0, 0.1) is 5.92 Å². The first-order chi connectivity index (χ1) is 8.19. The number of carbonyl (C=O) groups excluding carboxylic acids is 2. The normalized spacial score (nSPS) is 19.8. The summed E-state index contributed by atoms with van der Waals surface area (Å²) < 4.78 is 0. The number of unbranched alkanes of at least 4 members (excludes halogenated alkanes) is 2. The van der Waals surface area contributed by atoms with Crippen molar-refractivity contribution in [2.24, 2.45) is 5.92 Å². The van der Waals surface area contributed by atoms with E-state index >= 15 is 0 Å². The van der Waals surface area contributed by atoms with Gasteiger partial charge in [-0.2, -0.15) is 0 Å². The molecule has 0 aromatic heterocycles. The zero-order valence-corrected chi connectivity index (χ0v) is 11.0. The third-order valence-electron chi connectivity index (χ3n) is 3.16.